The summed E-state index contributed by atoms with van der Waals surface area (Å²) < 4.78 is 6.03. The van der Waals surface area contributed by atoms with Gasteiger partial charge in [-0.1, -0.05) is 18.5 Å². The summed E-state index contributed by atoms with van der Waals surface area (Å²) >= 11 is 6.25. The van der Waals surface area contributed by atoms with E-state index in [1.807, 2.05) is 32.0 Å². The topological polar surface area (TPSA) is 87.7 Å². The lowest BCUT2D eigenvalue weighted by Gasteiger charge is -2.17. The fourth-order valence-electron chi connectivity index (χ4n) is 2.95. The molecule has 0 aromatic heterocycles. The number of ether oxygens (including phenoxy) is 1. The van der Waals surface area contributed by atoms with Gasteiger partial charge >= 0.3 is 5.97 Å². The molecule has 0 saturated carbocycles. The molecular weight excluding hydrogens is 392 g/mol. The molecule has 0 aliphatic heterocycles. The average molecular weight is 419 g/mol. The largest absolute Gasteiger partial charge is 0.488 e. The lowest BCUT2D eigenvalue weighted by Crippen LogP contribution is -2.16. The lowest BCUT2D eigenvalue weighted by atomic mass is 10.1. The first-order chi connectivity index (χ1) is 13.7. The van der Waals surface area contributed by atoms with Gasteiger partial charge in [-0.2, -0.15) is 0 Å². The summed E-state index contributed by atoms with van der Waals surface area (Å²) in [5, 5.41) is 15.3. The predicted octanol–water partition coefficient (Wildman–Crippen LogP) is 5.16. The van der Waals surface area contributed by atoms with Crippen LogP contribution in [-0.4, -0.2) is 23.0 Å². The molecule has 156 valence electrons. The predicted molar refractivity (Wildman–Crippen MR) is 116 cm³/mol. The van der Waals surface area contributed by atoms with Crippen LogP contribution < -0.4 is 15.4 Å². The minimum absolute atomic E-state index is 0.343. The molecule has 0 fully saturated rings. The van der Waals surface area contributed by atoms with Gasteiger partial charge in [-0.3, -0.25) is 9.59 Å². The number of nitrogens with one attached hydrogen (secondary N) is 2. The molecule has 0 saturated heterocycles. The second-order valence-electron chi connectivity index (χ2n) is 7.15. The highest BCUT2D eigenvalue weighted by atomic mass is 35.5. The number of carboxylic acid groups (broad SMARTS) is 1. The number of halogens is 1. The van der Waals surface area contributed by atoms with Gasteiger partial charge in [0.25, 0.3) is 0 Å². The van der Waals surface area contributed by atoms with Gasteiger partial charge < -0.3 is 20.5 Å². The molecule has 2 aromatic carbocycles. The minimum atomic E-state index is -1.17. The number of carbonyl (C=O) groups excluding carboxylic acids is 1. The van der Waals surface area contributed by atoms with Gasteiger partial charge in [-0.05, 0) is 74.2 Å². The lowest BCUT2D eigenvalue weighted by molar-refractivity contribution is -0.139. The summed E-state index contributed by atoms with van der Waals surface area (Å²) in [6.45, 7) is 8.33. The SMILES string of the molecule is CCC(C)Nc1cc(Cl)cc(COc2c(C)cc(NC(=O)CC(=O)O)cc2C)c1. The third-order valence-corrected chi connectivity index (χ3v) is 4.64. The highest BCUT2D eigenvalue weighted by Crippen LogP contribution is 2.29. The van der Waals surface area contributed by atoms with Crippen molar-refractivity contribution in [1.82, 2.24) is 0 Å². The monoisotopic (exact) mass is 418 g/mol. The van der Waals surface area contributed by atoms with Crippen LogP contribution >= 0.6 is 11.6 Å². The molecule has 1 amide bonds. The van der Waals surface area contributed by atoms with Gasteiger partial charge in [-0.25, -0.2) is 0 Å². The quantitative estimate of drug-likeness (QED) is 0.489. The molecule has 29 heavy (non-hydrogen) atoms. The van der Waals surface area contributed by atoms with Crippen LogP contribution in [-0.2, 0) is 16.2 Å². The molecule has 0 spiro atoms. The van der Waals surface area contributed by atoms with E-state index in [1.54, 1.807) is 12.1 Å². The van der Waals surface area contributed by atoms with E-state index >= 15 is 0 Å². The fourth-order valence-corrected chi connectivity index (χ4v) is 3.21. The van der Waals surface area contributed by atoms with Crippen molar-refractivity contribution in [2.24, 2.45) is 0 Å². The summed E-state index contributed by atoms with van der Waals surface area (Å²) in [5.41, 5.74) is 4.13. The Morgan fingerprint density at radius 1 is 1.10 bits per heavy atom. The third-order valence-electron chi connectivity index (χ3n) is 4.42. The molecule has 0 aliphatic carbocycles. The molecular formula is C22H27ClN2O4. The van der Waals surface area contributed by atoms with Crippen molar-refractivity contribution < 1.29 is 19.4 Å². The molecule has 0 radical (unpaired) electrons. The van der Waals surface area contributed by atoms with Crippen LogP contribution in [0.25, 0.3) is 0 Å². The first-order valence-corrected chi connectivity index (χ1v) is 9.87. The smallest absolute Gasteiger partial charge is 0.312 e. The molecule has 0 bridgehead atoms. The minimum Gasteiger partial charge on any atom is -0.488 e. The molecule has 1 unspecified atom stereocenters. The van der Waals surface area contributed by atoms with Crippen LogP contribution in [0.1, 0.15) is 43.4 Å². The Labute approximate surface area is 176 Å². The zero-order valence-electron chi connectivity index (χ0n) is 17.1. The average Bonchev–Trinajstić information content (AvgIpc) is 2.59. The summed E-state index contributed by atoms with van der Waals surface area (Å²) in [7, 11) is 0. The number of anilines is 2. The number of hydrogen-bond acceptors (Lipinski definition) is 4. The van der Waals surface area contributed by atoms with Crippen molar-refractivity contribution in [3.63, 3.8) is 0 Å². The van der Waals surface area contributed by atoms with E-state index in [0.717, 1.165) is 34.5 Å². The van der Waals surface area contributed by atoms with Crippen molar-refractivity contribution in [3.8, 4) is 5.75 Å². The van der Waals surface area contributed by atoms with Crippen LogP contribution in [0.4, 0.5) is 11.4 Å². The maximum absolute atomic E-state index is 11.7. The highest BCUT2D eigenvalue weighted by Gasteiger charge is 2.12. The molecule has 0 aliphatic rings. The fraction of sp³-hybridized carbons (Fsp3) is 0.364. The number of amides is 1. The van der Waals surface area contributed by atoms with E-state index in [0.29, 0.717) is 23.4 Å². The Hall–Kier alpha value is -2.73. The summed E-state index contributed by atoms with van der Waals surface area (Å²) in [6, 6.07) is 9.64. The number of aliphatic carboxylic acids is 1. The Kier molecular flexibility index (Phi) is 7.91. The Morgan fingerprint density at radius 3 is 2.34 bits per heavy atom. The van der Waals surface area contributed by atoms with Crippen LogP contribution in [0.3, 0.4) is 0 Å². The van der Waals surface area contributed by atoms with Crippen molar-refractivity contribution in [2.75, 3.05) is 10.6 Å². The normalized spacial score (nSPS) is 11.6. The third kappa shape index (κ3) is 6.98. The second kappa shape index (κ2) is 10.2. The molecule has 2 rings (SSSR count). The molecule has 7 heteroatoms. The highest BCUT2D eigenvalue weighted by molar-refractivity contribution is 6.30. The number of benzene rings is 2. The Balaban J connectivity index is 2.11. The van der Waals surface area contributed by atoms with Gasteiger partial charge in [0.15, 0.2) is 0 Å². The van der Waals surface area contributed by atoms with Crippen LogP contribution in [0.5, 0.6) is 5.75 Å². The second-order valence-corrected chi connectivity index (χ2v) is 7.58. The van der Waals surface area contributed by atoms with Crippen LogP contribution in [0.2, 0.25) is 5.02 Å². The van der Waals surface area contributed by atoms with Crippen molar-refractivity contribution in [3.05, 3.63) is 52.0 Å². The summed E-state index contributed by atoms with van der Waals surface area (Å²) in [4.78, 5) is 22.3. The van der Waals surface area contributed by atoms with Crippen LogP contribution in [0.15, 0.2) is 30.3 Å². The molecule has 1 atom stereocenters. The zero-order valence-corrected chi connectivity index (χ0v) is 17.9. The van der Waals surface area contributed by atoms with Crippen molar-refractivity contribution in [2.45, 2.75) is 53.2 Å². The first kappa shape index (κ1) is 22.6. The Bertz CT molecular complexity index is 875. The van der Waals surface area contributed by atoms with E-state index in [4.69, 9.17) is 21.4 Å². The maximum Gasteiger partial charge on any atom is 0.312 e. The zero-order chi connectivity index (χ0) is 21.6. The van der Waals surface area contributed by atoms with E-state index < -0.39 is 18.3 Å². The van der Waals surface area contributed by atoms with E-state index in [-0.39, 0.29) is 0 Å². The number of carboxylic acids is 1. The summed E-state index contributed by atoms with van der Waals surface area (Å²) in [6.07, 6.45) is 0.435. The van der Waals surface area contributed by atoms with E-state index in [9.17, 15) is 9.59 Å². The first-order valence-electron chi connectivity index (χ1n) is 9.49. The summed E-state index contributed by atoms with van der Waals surface area (Å²) in [5.74, 6) is -1.01. The number of aryl methyl sites for hydroxylation is 2. The molecule has 6 nitrogen and oxygen atoms in total. The molecule has 2 aromatic rings. The van der Waals surface area contributed by atoms with Gasteiger partial charge in [0.2, 0.25) is 5.91 Å². The van der Waals surface area contributed by atoms with Crippen LogP contribution in [0, 0.1) is 13.8 Å². The standard InChI is InChI=1S/C22H27ClN2O4/c1-5-15(4)24-19-9-16(8-17(23)10-19)12-29-22-13(2)6-18(7-14(22)3)25-20(26)11-21(27)28/h6-10,15,24H,5,11-12H2,1-4H3,(H,25,26)(H,27,28). The number of carbonyl (C=O) groups is 2. The van der Waals surface area contributed by atoms with Gasteiger partial charge in [0.1, 0.15) is 18.8 Å². The molecule has 0 heterocycles. The van der Waals surface area contributed by atoms with Gasteiger partial charge in [-0.15, -0.1) is 0 Å². The molecule has 3 N–H and O–H groups in total. The van der Waals surface area contributed by atoms with Crippen molar-refractivity contribution >= 4 is 34.9 Å². The maximum atomic E-state index is 11.7. The van der Waals surface area contributed by atoms with E-state index in [2.05, 4.69) is 24.5 Å². The van der Waals surface area contributed by atoms with Gasteiger partial charge in [0, 0.05) is 22.4 Å². The van der Waals surface area contributed by atoms with Gasteiger partial charge in [0.05, 0.1) is 0 Å². The number of rotatable bonds is 9. The van der Waals surface area contributed by atoms with E-state index in [1.165, 1.54) is 0 Å². The van der Waals surface area contributed by atoms with Crippen molar-refractivity contribution in [1.29, 1.82) is 0 Å². The number of hydrogen-bond donors (Lipinski definition) is 3. The Morgan fingerprint density at radius 2 is 1.76 bits per heavy atom.